The number of halogens is 2. The third-order valence-corrected chi connectivity index (χ3v) is 4.31. The number of hydrogen-bond acceptors (Lipinski definition) is 6. The Kier molecular flexibility index (Phi) is 6.36. The predicted octanol–water partition coefficient (Wildman–Crippen LogP) is 4.94. The van der Waals surface area contributed by atoms with E-state index in [0.29, 0.717) is 26.9 Å². The van der Waals surface area contributed by atoms with Crippen LogP contribution in [0.5, 0.6) is 11.5 Å². The van der Waals surface area contributed by atoms with Crippen molar-refractivity contribution in [2.45, 2.75) is 6.92 Å². The molecule has 2 aromatic rings. The van der Waals surface area contributed by atoms with Gasteiger partial charge in [0.15, 0.2) is 17.2 Å². The number of benzene rings is 2. The number of ether oxygens (including phenoxy) is 3. The Labute approximate surface area is 177 Å². The first-order valence-electron chi connectivity index (χ1n) is 8.38. The van der Waals surface area contributed by atoms with Crippen molar-refractivity contribution in [2.24, 2.45) is 4.99 Å². The highest BCUT2D eigenvalue weighted by Crippen LogP contribution is 2.30. The van der Waals surface area contributed by atoms with E-state index >= 15 is 0 Å². The van der Waals surface area contributed by atoms with Crippen molar-refractivity contribution < 1.29 is 23.8 Å². The molecular formula is C21H15Cl2NO5. The summed E-state index contributed by atoms with van der Waals surface area (Å²) >= 11 is 12.0. The van der Waals surface area contributed by atoms with E-state index in [0.717, 1.165) is 0 Å². The zero-order valence-electron chi connectivity index (χ0n) is 15.4. The summed E-state index contributed by atoms with van der Waals surface area (Å²) in [6.07, 6.45) is 4.72. The van der Waals surface area contributed by atoms with Gasteiger partial charge in [-0.3, -0.25) is 4.79 Å². The summed E-state index contributed by atoms with van der Waals surface area (Å²) in [7, 11) is 1.46. The van der Waals surface area contributed by atoms with E-state index in [1.165, 1.54) is 26.2 Å². The quantitative estimate of drug-likeness (QED) is 0.380. The van der Waals surface area contributed by atoms with Gasteiger partial charge in [-0.15, -0.1) is 0 Å². The van der Waals surface area contributed by atoms with Crippen molar-refractivity contribution in [3.63, 3.8) is 0 Å². The van der Waals surface area contributed by atoms with E-state index in [4.69, 9.17) is 37.4 Å². The van der Waals surface area contributed by atoms with Gasteiger partial charge in [0.05, 0.1) is 7.11 Å². The van der Waals surface area contributed by atoms with Crippen LogP contribution in [0.3, 0.4) is 0 Å². The van der Waals surface area contributed by atoms with Crippen LogP contribution < -0.4 is 9.47 Å². The molecule has 1 aliphatic heterocycles. The standard InChI is InChI=1S/C21H15Cl2NO5/c1-12(25)28-19-10-13(3-7-18(19)27-2)9-17-21(26)29-20(24-17)8-5-14-4-6-15(22)11-16(14)23/h3-11H,1-2H3/b8-5+,17-9-. The normalized spacial score (nSPS) is 14.8. The average molecular weight is 432 g/mol. The van der Waals surface area contributed by atoms with E-state index in [1.807, 2.05) is 0 Å². The fraction of sp³-hybridized carbons (Fsp3) is 0.0952. The fourth-order valence-corrected chi connectivity index (χ4v) is 2.94. The van der Waals surface area contributed by atoms with Crippen molar-refractivity contribution in [3.05, 3.63) is 69.3 Å². The Morgan fingerprint density at radius 3 is 2.59 bits per heavy atom. The summed E-state index contributed by atoms with van der Waals surface area (Å²) in [5.74, 6) is -0.331. The molecule has 0 amide bonds. The highest BCUT2D eigenvalue weighted by atomic mass is 35.5. The molecule has 0 spiro atoms. The van der Waals surface area contributed by atoms with Crippen molar-refractivity contribution in [1.82, 2.24) is 0 Å². The van der Waals surface area contributed by atoms with Crippen LogP contribution in [0, 0.1) is 0 Å². The largest absolute Gasteiger partial charge is 0.493 e. The Morgan fingerprint density at radius 2 is 1.90 bits per heavy atom. The summed E-state index contributed by atoms with van der Waals surface area (Å²) in [5.41, 5.74) is 1.39. The Hall–Kier alpha value is -3.09. The van der Waals surface area contributed by atoms with Crippen molar-refractivity contribution in [3.8, 4) is 11.5 Å². The monoisotopic (exact) mass is 431 g/mol. The molecule has 8 heteroatoms. The van der Waals surface area contributed by atoms with E-state index < -0.39 is 11.9 Å². The number of nitrogens with zero attached hydrogens (tertiary/aromatic N) is 1. The lowest BCUT2D eigenvalue weighted by Gasteiger charge is -2.08. The highest BCUT2D eigenvalue weighted by Gasteiger charge is 2.21. The minimum Gasteiger partial charge on any atom is -0.493 e. The Balaban J connectivity index is 1.84. The predicted molar refractivity (Wildman–Crippen MR) is 111 cm³/mol. The second kappa shape index (κ2) is 8.94. The fourth-order valence-electron chi connectivity index (χ4n) is 2.47. The molecule has 1 heterocycles. The maximum atomic E-state index is 12.1. The molecule has 6 nitrogen and oxygen atoms in total. The molecule has 3 rings (SSSR count). The van der Waals surface area contributed by atoms with E-state index in [2.05, 4.69) is 4.99 Å². The van der Waals surface area contributed by atoms with E-state index in [-0.39, 0.29) is 17.3 Å². The van der Waals surface area contributed by atoms with Crippen molar-refractivity contribution in [2.75, 3.05) is 7.11 Å². The zero-order chi connectivity index (χ0) is 21.0. The van der Waals surface area contributed by atoms with Crippen LogP contribution in [0.2, 0.25) is 10.0 Å². The molecule has 0 N–H and O–H groups in total. The minimum atomic E-state index is -0.600. The minimum absolute atomic E-state index is 0.103. The van der Waals surface area contributed by atoms with Gasteiger partial charge in [0.1, 0.15) is 0 Å². The van der Waals surface area contributed by atoms with Crippen LogP contribution in [0.1, 0.15) is 18.1 Å². The number of cyclic esters (lactones) is 1. The van der Waals surface area contributed by atoms with Gasteiger partial charge in [-0.2, -0.15) is 0 Å². The second-order valence-corrected chi connectivity index (χ2v) is 6.72. The number of esters is 2. The third-order valence-electron chi connectivity index (χ3n) is 3.75. The van der Waals surface area contributed by atoms with Gasteiger partial charge >= 0.3 is 11.9 Å². The molecule has 0 aliphatic carbocycles. The zero-order valence-corrected chi connectivity index (χ0v) is 17.0. The highest BCUT2D eigenvalue weighted by molar-refractivity contribution is 6.35. The Morgan fingerprint density at radius 1 is 1.10 bits per heavy atom. The van der Waals surface area contributed by atoms with Crippen LogP contribution in [-0.4, -0.2) is 24.9 Å². The van der Waals surface area contributed by atoms with Gasteiger partial charge in [0.25, 0.3) is 0 Å². The van der Waals surface area contributed by atoms with Crippen LogP contribution in [0.15, 0.2) is 53.2 Å². The van der Waals surface area contributed by atoms with Gasteiger partial charge in [-0.25, -0.2) is 9.79 Å². The van der Waals surface area contributed by atoms with Crippen LogP contribution >= 0.6 is 23.2 Å². The van der Waals surface area contributed by atoms with Crippen LogP contribution in [0.4, 0.5) is 0 Å². The number of hydrogen-bond donors (Lipinski definition) is 0. The number of methoxy groups -OCH3 is 1. The van der Waals surface area contributed by atoms with Crippen molar-refractivity contribution >= 4 is 53.2 Å². The lowest BCUT2D eigenvalue weighted by molar-refractivity contribution is -0.132. The maximum absolute atomic E-state index is 12.1. The molecule has 29 heavy (non-hydrogen) atoms. The van der Waals surface area contributed by atoms with E-state index in [9.17, 15) is 9.59 Å². The molecule has 0 radical (unpaired) electrons. The summed E-state index contributed by atoms with van der Waals surface area (Å²) < 4.78 is 15.4. The molecule has 0 saturated heterocycles. The molecule has 0 atom stereocenters. The van der Waals surface area contributed by atoms with Crippen molar-refractivity contribution in [1.29, 1.82) is 0 Å². The van der Waals surface area contributed by atoms with Gasteiger partial charge in [0, 0.05) is 23.0 Å². The van der Waals surface area contributed by atoms with Crippen LogP contribution in [0.25, 0.3) is 12.2 Å². The summed E-state index contributed by atoms with van der Waals surface area (Å²) in [6.45, 7) is 1.29. The first kappa shape index (κ1) is 20.6. The van der Waals surface area contributed by atoms with Gasteiger partial charge in [-0.05, 0) is 47.5 Å². The first-order chi connectivity index (χ1) is 13.9. The number of carbonyl (C=O) groups excluding carboxylic acids is 2. The Bertz CT molecular complexity index is 1070. The summed E-state index contributed by atoms with van der Waals surface area (Å²) in [5, 5.41) is 0.986. The molecule has 0 saturated carbocycles. The third kappa shape index (κ3) is 5.25. The number of rotatable bonds is 5. The molecule has 0 unspecified atom stereocenters. The smallest absolute Gasteiger partial charge is 0.363 e. The summed E-state index contributed by atoms with van der Waals surface area (Å²) in [4.78, 5) is 27.5. The lowest BCUT2D eigenvalue weighted by atomic mass is 10.1. The number of carbonyl (C=O) groups is 2. The van der Waals surface area contributed by atoms with Gasteiger partial charge in [-0.1, -0.05) is 35.3 Å². The molecule has 2 aromatic carbocycles. The van der Waals surface area contributed by atoms with Crippen LogP contribution in [-0.2, 0) is 14.3 Å². The van der Waals surface area contributed by atoms with Gasteiger partial charge in [0.2, 0.25) is 5.90 Å². The molecule has 0 bridgehead atoms. The maximum Gasteiger partial charge on any atom is 0.363 e. The molecular weight excluding hydrogens is 417 g/mol. The lowest BCUT2D eigenvalue weighted by Crippen LogP contribution is -2.03. The SMILES string of the molecule is COc1ccc(/C=C2N=C(/C=C/c3ccc(Cl)cc3Cl)OC\2=O)cc1OC(C)=O. The molecule has 1 aliphatic rings. The summed E-state index contributed by atoms with van der Waals surface area (Å²) in [6, 6.07) is 9.94. The number of aliphatic imine (C=N–C) groups is 1. The van der Waals surface area contributed by atoms with E-state index in [1.54, 1.807) is 42.5 Å². The second-order valence-electron chi connectivity index (χ2n) is 5.87. The molecule has 148 valence electrons. The first-order valence-corrected chi connectivity index (χ1v) is 9.13. The topological polar surface area (TPSA) is 74.2 Å². The average Bonchev–Trinajstić information content (AvgIpc) is 3.00. The van der Waals surface area contributed by atoms with Gasteiger partial charge < -0.3 is 14.2 Å². The molecule has 0 aromatic heterocycles. The molecule has 0 fully saturated rings.